The van der Waals surface area contributed by atoms with Gasteiger partial charge in [0.15, 0.2) is 0 Å². The predicted octanol–water partition coefficient (Wildman–Crippen LogP) is 4.06. The second-order valence-electron chi connectivity index (χ2n) is 4.80. The van der Waals surface area contributed by atoms with Crippen molar-refractivity contribution in [3.05, 3.63) is 65.2 Å². The van der Waals surface area contributed by atoms with Crippen molar-refractivity contribution in [1.82, 2.24) is 5.32 Å². The average molecular weight is 327 g/mol. The van der Waals surface area contributed by atoms with Crippen LogP contribution in [0.4, 0.5) is 17.6 Å². The van der Waals surface area contributed by atoms with Crippen LogP contribution in [0.1, 0.15) is 28.9 Å². The van der Waals surface area contributed by atoms with Gasteiger partial charge in [0.1, 0.15) is 17.4 Å². The topological polar surface area (TPSA) is 38.3 Å². The van der Waals surface area contributed by atoms with Crippen LogP contribution in [0.25, 0.3) is 0 Å². The standard InChI is InChI=1S/C16H13F4NO2/c1-9(10-3-2-4-14(7-10)23-16(19)20)21-15(22)11-5-12(17)8-13(18)6-11/h2-9,16H,1H3,(H,21,22). The van der Waals surface area contributed by atoms with Crippen molar-refractivity contribution in [2.45, 2.75) is 19.6 Å². The van der Waals surface area contributed by atoms with E-state index < -0.39 is 30.2 Å². The molecule has 2 aromatic carbocycles. The maximum atomic E-state index is 13.1. The lowest BCUT2D eigenvalue weighted by atomic mass is 10.1. The number of amides is 1. The Morgan fingerprint density at radius 3 is 2.35 bits per heavy atom. The first kappa shape index (κ1) is 16.8. The lowest BCUT2D eigenvalue weighted by Gasteiger charge is -2.15. The molecule has 0 heterocycles. The van der Waals surface area contributed by atoms with Gasteiger partial charge in [-0.1, -0.05) is 12.1 Å². The number of alkyl halides is 2. The summed E-state index contributed by atoms with van der Waals surface area (Å²) in [6, 6.07) is 7.70. The lowest BCUT2D eigenvalue weighted by Crippen LogP contribution is -2.26. The summed E-state index contributed by atoms with van der Waals surface area (Å²) in [4.78, 5) is 12.0. The SMILES string of the molecule is CC(NC(=O)c1cc(F)cc(F)c1)c1cccc(OC(F)F)c1. The Hall–Kier alpha value is -2.57. The lowest BCUT2D eigenvalue weighted by molar-refractivity contribution is -0.0499. The van der Waals surface area contributed by atoms with Crippen LogP contribution in [0.15, 0.2) is 42.5 Å². The van der Waals surface area contributed by atoms with E-state index in [-0.39, 0.29) is 11.3 Å². The molecule has 23 heavy (non-hydrogen) atoms. The van der Waals surface area contributed by atoms with Gasteiger partial charge in [0.05, 0.1) is 6.04 Å². The largest absolute Gasteiger partial charge is 0.435 e. The van der Waals surface area contributed by atoms with Crippen molar-refractivity contribution in [2.75, 3.05) is 0 Å². The molecule has 1 atom stereocenters. The third-order valence-electron chi connectivity index (χ3n) is 3.06. The van der Waals surface area contributed by atoms with E-state index >= 15 is 0 Å². The summed E-state index contributed by atoms with van der Waals surface area (Å²) in [5.74, 6) is -2.46. The molecule has 0 spiro atoms. The molecule has 0 radical (unpaired) electrons. The van der Waals surface area contributed by atoms with Crippen molar-refractivity contribution < 1.29 is 27.1 Å². The van der Waals surface area contributed by atoms with E-state index in [0.717, 1.165) is 12.1 Å². The van der Waals surface area contributed by atoms with Gasteiger partial charge < -0.3 is 10.1 Å². The Bertz CT molecular complexity index is 686. The number of ether oxygens (including phenoxy) is 1. The Morgan fingerprint density at radius 2 is 1.74 bits per heavy atom. The molecule has 0 bridgehead atoms. The third-order valence-corrected chi connectivity index (χ3v) is 3.06. The second kappa shape index (κ2) is 7.13. The molecule has 122 valence electrons. The second-order valence-corrected chi connectivity index (χ2v) is 4.80. The molecule has 1 unspecified atom stereocenters. The average Bonchev–Trinajstić information content (AvgIpc) is 2.45. The Labute approximate surface area is 129 Å². The molecule has 1 amide bonds. The molecule has 0 saturated carbocycles. The molecule has 0 aliphatic carbocycles. The first-order valence-corrected chi connectivity index (χ1v) is 6.67. The number of benzene rings is 2. The zero-order valence-electron chi connectivity index (χ0n) is 12.0. The van der Waals surface area contributed by atoms with Crippen LogP contribution in [-0.4, -0.2) is 12.5 Å². The smallest absolute Gasteiger partial charge is 0.387 e. The first-order valence-electron chi connectivity index (χ1n) is 6.67. The number of hydrogen-bond donors (Lipinski definition) is 1. The summed E-state index contributed by atoms with van der Waals surface area (Å²) >= 11 is 0. The molecular weight excluding hydrogens is 314 g/mol. The van der Waals surface area contributed by atoms with Crippen LogP contribution in [0.3, 0.4) is 0 Å². The van der Waals surface area contributed by atoms with E-state index in [1.54, 1.807) is 13.0 Å². The highest BCUT2D eigenvalue weighted by Crippen LogP contribution is 2.21. The number of nitrogens with one attached hydrogen (secondary N) is 1. The Morgan fingerprint density at radius 1 is 1.09 bits per heavy atom. The molecule has 0 saturated heterocycles. The predicted molar refractivity (Wildman–Crippen MR) is 75.3 cm³/mol. The fourth-order valence-electron chi connectivity index (χ4n) is 2.01. The molecular formula is C16H13F4NO2. The monoisotopic (exact) mass is 327 g/mol. The van der Waals surface area contributed by atoms with Crippen molar-refractivity contribution in [3.8, 4) is 5.75 Å². The molecule has 7 heteroatoms. The van der Waals surface area contributed by atoms with Crippen molar-refractivity contribution in [2.24, 2.45) is 0 Å². The van der Waals surface area contributed by atoms with Gasteiger partial charge in [-0.3, -0.25) is 4.79 Å². The minimum absolute atomic E-state index is 0.0459. The number of rotatable bonds is 5. The molecule has 3 nitrogen and oxygen atoms in total. The zero-order chi connectivity index (χ0) is 17.0. The molecule has 2 aromatic rings. The summed E-state index contributed by atoms with van der Waals surface area (Å²) in [5, 5.41) is 2.53. The molecule has 1 N–H and O–H groups in total. The molecule has 0 aliphatic rings. The van der Waals surface area contributed by atoms with Crippen LogP contribution in [-0.2, 0) is 0 Å². The maximum absolute atomic E-state index is 13.1. The van der Waals surface area contributed by atoms with E-state index in [4.69, 9.17) is 0 Å². The molecule has 0 fully saturated rings. The first-order chi connectivity index (χ1) is 10.8. The van der Waals surface area contributed by atoms with Gasteiger partial charge in [-0.2, -0.15) is 8.78 Å². The summed E-state index contributed by atoms with van der Waals surface area (Å²) in [7, 11) is 0. The van der Waals surface area contributed by atoms with Crippen LogP contribution in [0, 0.1) is 11.6 Å². The Kier molecular flexibility index (Phi) is 5.20. The number of hydrogen-bond acceptors (Lipinski definition) is 2. The highest BCUT2D eigenvalue weighted by Gasteiger charge is 2.14. The van der Waals surface area contributed by atoms with Crippen molar-refractivity contribution >= 4 is 5.91 Å². The van der Waals surface area contributed by atoms with E-state index in [1.807, 2.05) is 0 Å². The van der Waals surface area contributed by atoms with E-state index in [1.165, 1.54) is 18.2 Å². The fraction of sp³-hybridized carbons (Fsp3) is 0.188. The highest BCUT2D eigenvalue weighted by molar-refractivity contribution is 5.94. The van der Waals surface area contributed by atoms with Crippen LogP contribution < -0.4 is 10.1 Å². The van der Waals surface area contributed by atoms with Gasteiger partial charge >= 0.3 is 6.61 Å². The van der Waals surface area contributed by atoms with Crippen molar-refractivity contribution in [3.63, 3.8) is 0 Å². The van der Waals surface area contributed by atoms with Crippen LogP contribution in [0.2, 0.25) is 0 Å². The number of carbonyl (C=O) groups is 1. The zero-order valence-corrected chi connectivity index (χ0v) is 12.0. The molecule has 0 aromatic heterocycles. The van der Waals surface area contributed by atoms with E-state index in [0.29, 0.717) is 11.6 Å². The third kappa shape index (κ3) is 4.70. The van der Waals surface area contributed by atoms with Gasteiger partial charge in [-0.15, -0.1) is 0 Å². The summed E-state index contributed by atoms with van der Waals surface area (Å²) in [5.41, 5.74) is 0.336. The minimum atomic E-state index is -2.95. The van der Waals surface area contributed by atoms with Crippen molar-refractivity contribution in [1.29, 1.82) is 0 Å². The van der Waals surface area contributed by atoms with E-state index in [2.05, 4.69) is 10.1 Å². The number of carbonyl (C=O) groups excluding carboxylic acids is 1. The normalized spacial score (nSPS) is 12.1. The minimum Gasteiger partial charge on any atom is -0.435 e. The molecule has 0 aliphatic heterocycles. The maximum Gasteiger partial charge on any atom is 0.387 e. The van der Waals surface area contributed by atoms with Crippen LogP contribution >= 0.6 is 0 Å². The van der Waals surface area contributed by atoms with Gasteiger partial charge in [0.2, 0.25) is 0 Å². The van der Waals surface area contributed by atoms with Gasteiger partial charge in [0, 0.05) is 11.6 Å². The fourth-order valence-corrected chi connectivity index (χ4v) is 2.01. The van der Waals surface area contributed by atoms with E-state index in [9.17, 15) is 22.4 Å². The quantitative estimate of drug-likeness (QED) is 0.841. The molecule has 2 rings (SSSR count). The van der Waals surface area contributed by atoms with Gasteiger partial charge in [0.25, 0.3) is 5.91 Å². The van der Waals surface area contributed by atoms with Crippen LogP contribution in [0.5, 0.6) is 5.75 Å². The van der Waals surface area contributed by atoms with Gasteiger partial charge in [-0.05, 0) is 36.8 Å². The summed E-state index contributed by atoms with van der Waals surface area (Å²) in [6.07, 6.45) is 0. The summed E-state index contributed by atoms with van der Waals surface area (Å²) < 4.78 is 54.9. The highest BCUT2D eigenvalue weighted by atomic mass is 19.3. The summed E-state index contributed by atoms with van der Waals surface area (Å²) in [6.45, 7) is -1.35. The van der Waals surface area contributed by atoms with Gasteiger partial charge in [-0.25, -0.2) is 8.78 Å². The Balaban J connectivity index is 2.11. The number of halogens is 4.